The predicted octanol–water partition coefficient (Wildman–Crippen LogP) is 1.65. The van der Waals surface area contributed by atoms with Gasteiger partial charge in [-0.15, -0.1) is 0 Å². The molecular weight excluding hydrogens is 260 g/mol. The van der Waals surface area contributed by atoms with Crippen LogP contribution in [0.4, 0.5) is 4.79 Å². The van der Waals surface area contributed by atoms with Gasteiger partial charge >= 0.3 is 12.1 Å². The Morgan fingerprint density at radius 2 is 1.90 bits per heavy atom. The summed E-state index contributed by atoms with van der Waals surface area (Å²) in [5.74, 6) is 4.56. The minimum absolute atomic E-state index is 0.128. The van der Waals surface area contributed by atoms with Gasteiger partial charge in [0.05, 0.1) is 6.61 Å². The molecule has 1 unspecified atom stereocenters. The van der Waals surface area contributed by atoms with E-state index in [1.54, 1.807) is 24.3 Å². The molecule has 0 aromatic heterocycles. The lowest BCUT2D eigenvalue weighted by molar-refractivity contribution is -0.142. The highest BCUT2D eigenvalue weighted by Crippen LogP contribution is 2.08. The number of nitrogens with two attached hydrogens (primary N) is 1. The molecule has 0 radical (unpaired) electrons. The average Bonchev–Trinajstić information content (AvgIpc) is 2.42. The molecule has 0 aliphatic rings. The summed E-state index contributed by atoms with van der Waals surface area (Å²) in [7, 11) is 0. The average molecular weight is 280 g/mol. The largest absolute Gasteiger partial charge is 0.480 e. The predicted molar refractivity (Wildman–Crippen MR) is 73.8 cm³/mol. The van der Waals surface area contributed by atoms with Gasteiger partial charge in [-0.05, 0) is 11.5 Å². The third kappa shape index (κ3) is 4.89. The van der Waals surface area contributed by atoms with E-state index in [1.165, 1.54) is 0 Å². The van der Waals surface area contributed by atoms with Crippen LogP contribution in [0.15, 0.2) is 30.3 Å². The van der Waals surface area contributed by atoms with Gasteiger partial charge in [-0.25, -0.2) is 20.4 Å². The molecule has 1 amide bonds. The van der Waals surface area contributed by atoms with Crippen molar-refractivity contribution in [3.8, 4) is 0 Å². The Kier molecular flexibility index (Phi) is 5.99. The second-order valence-electron chi connectivity index (χ2n) is 4.92. The summed E-state index contributed by atoms with van der Waals surface area (Å²) in [5, 5.41) is 9.84. The zero-order chi connectivity index (χ0) is 15.1. The quantitative estimate of drug-likeness (QED) is 0.469. The van der Waals surface area contributed by atoms with Crippen molar-refractivity contribution in [1.82, 2.24) is 5.01 Å². The summed E-state index contributed by atoms with van der Waals surface area (Å²) < 4.78 is 4.93. The lowest BCUT2D eigenvalue weighted by Gasteiger charge is -2.24. The Labute approximate surface area is 118 Å². The maximum Gasteiger partial charge on any atom is 0.424 e. The number of rotatable bonds is 6. The van der Waals surface area contributed by atoms with E-state index in [1.807, 2.05) is 19.9 Å². The van der Waals surface area contributed by atoms with E-state index in [2.05, 4.69) is 0 Å². The minimum Gasteiger partial charge on any atom is -0.480 e. The number of hydrogen-bond donors (Lipinski definition) is 2. The van der Waals surface area contributed by atoms with Crippen LogP contribution in [0.2, 0.25) is 0 Å². The molecule has 0 aliphatic carbocycles. The van der Waals surface area contributed by atoms with Gasteiger partial charge in [-0.1, -0.05) is 44.2 Å². The monoisotopic (exact) mass is 280 g/mol. The summed E-state index contributed by atoms with van der Waals surface area (Å²) in [6, 6.07) is 7.83. The van der Waals surface area contributed by atoms with E-state index in [-0.39, 0.29) is 18.9 Å². The third-order valence-electron chi connectivity index (χ3n) is 2.64. The van der Waals surface area contributed by atoms with Crippen LogP contribution in [0.3, 0.4) is 0 Å². The zero-order valence-electron chi connectivity index (χ0n) is 11.7. The second-order valence-corrected chi connectivity index (χ2v) is 4.92. The molecule has 0 saturated heterocycles. The van der Waals surface area contributed by atoms with E-state index in [9.17, 15) is 14.7 Å². The number of benzene rings is 1. The first-order chi connectivity index (χ1) is 9.41. The fourth-order valence-corrected chi connectivity index (χ4v) is 1.58. The lowest BCUT2D eigenvalue weighted by Crippen LogP contribution is -2.51. The number of amides is 1. The number of carbonyl (C=O) groups is 2. The van der Waals surface area contributed by atoms with Crippen LogP contribution in [0, 0.1) is 5.92 Å². The minimum atomic E-state index is -1.17. The zero-order valence-corrected chi connectivity index (χ0v) is 11.7. The van der Waals surface area contributed by atoms with Crippen LogP contribution in [-0.4, -0.2) is 34.8 Å². The molecule has 0 spiro atoms. The van der Waals surface area contributed by atoms with Crippen molar-refractivity contribution < 1.29 is 19.4 Å². The van der Waals surface area contributed by atoms with Crippen LogP contribution in [0.25, 0.3) is 0 Å². The summed E-state index contributed by atoms with van der Waals surface area (Å²) >= 11 is 0. The first-order valence-electron chi connectivity index (χ1n) is 6.39. The maximum absolute atomic E-state index is 11.7. The summed E-state index contributed by atoms with van der Waals surface area (Å²) in [6.07, 6.45) is -0.703. The van der Waals surface area contributed by atoms with Crippen LogP contribution >= 0.6 is 0 Å². The van der Waals surface area contributed by atoms with Crippen LogP contribution in [0.5, 0.6) is 0 Å². The number of aliphatic carboxylic acids is 1. The molecule has 0 fully saturated rings. The van der Waals surface area contributed by atoms with Gasteiger partial charge in [0.1, 0.15) is 0 Å². The Morgan fingerprint density at radius 1 is 1.30 bits per heavy atom. The van der Waals surface area contributed by atoms with Crippen molar-refractivity contribution in [1.29, 1.82) is 0 Å². The normalized spacial score (nSPS) is 12.0. The molecule has 0 aliphatic heterocycles. The number of carboxylic acid groups (broad SMARTS) is 1. The number of ether oxygens (including phenoxy) is 1. The number of carboxylic acids is 1. The highest BCUT2D eigenvalue weighted by molar-refractivity contribution is 5.79. The Balaban J connectivity index is 2.70. The highest BCUT2D eigenvalue weighted by Gasteiger charge is 2.28. The molecule has 6 nitrogen and oxygen atoms in total. The highest BCUT2D eigenvalue weighted by atomic mass is 16.6. The van der Waals surface area contributed by atoms with E-state index < -0.39 is 18.1 Å². The summed E-state index contributed by atoms with van der Waals surface area (Å²) in [4.78, 5) is 23.0. The van der Waals surface area contributed by atoms with E-state index in [4.69, 9.17) is 10.6 Å². The molecule has 1 aromatic rings. The van der Waals surface area contributed by atoms with Crippen molar-refractivity contribution in [3.63, 3.8) is 0 Å². The van der Waals surface area contributed by atoms with E-state index >= 15 is 0 Å². The molecule has 6 heteroatoms. The molecule has 1 aromatic carbocycles. The molecule has 0 bridgehead atoms. The Bertz CT molecular complexity index is 448. The molecule has 110 valence electrons. The first-order valence-corrected chi connectivity index (χ1v) is 6.39. The van der Waals surface area contributed by atoms with Gasteiger partial charge in [0.15, 0.2) is 6.04 Å². The van der Waals surface area contributed by atoms with Crippen LogP contribution in [0.1, 0.15) is 19.4 Å². The summed E-state index contributed by atoms with van der Waals surface area (Å²) in [6.45, 7) is 3.96. The van der Waals surface area contributed by atoms with Gasteiger partial charge in [-0.3, -0.25) is 0 Å². The lowest BCUT2D eigenvalue weighted by atomic mass is 10.1. The molecule has 1 atom stereocenters. The molecule has 20 heavy (non-hydrogen) atoms. The van der Waals surface area contributed by atoms with Crippen LogP contribution in [-0.2, 0) is 16.0 Å². The van der Waals surface area contributed by atoms with Gasteiger partial charge in [0.2, 0.25) is 0 Å². The number of nitrogens with zero attached hydrogens (tertiary/aromatic N) is 1. The SMILES string of the molecule is CC(C)COC(=O)N(N)C(Cc1ccccc1)C(=O)O. The number of hydrogen-bond acceptors (Lipinski definition) is 4. The Hall–Kier alpha value is -2.08. The molecule has 3 N–H and O–H groups in total. The van der Waals surface area contributed by atoms with Gasteiger partial charge in [0, 0.05) is 6.42 Å². The van der Waals surface area contributed by atoms with Crippen molar-refractivity contribution >= 4 is 12.1 Å². The second kappa shape index (κ2) is 7.49. The Morgan fingerprint density at radius 3 is 2.40 bits per heavy atom. The van der Waals surface area contributed by atoms with Crippen LogP contribution < -0.4 is 5.84 Å². The third-order valence-corrected chi connectivity index (χ3v) is 2.64. The number of hydrazine groups is 1. The van der Waals surface area contributed by atoms with Crippen molar-refractivity contribution in [2.75, 3.05) is 6.61 Å². The van der Waals surface area contributed by atoms with Crippen molar-refractivity contribution in [2.45, 2.75) is 26.3 Å². The van der Waals surface area contributed by atoms with E-state index in [0.717, 1.165) is 5.56 Å². The molecule has 1 rings (SSSR count). The standard InChI is InChI=1S/C14H20N2O4/c1-10(2)9-20-14(19)16(15)12(13(17)18)8-11-6-4-3-5-7-11/h3-7,10,12H,8-9,15H2,1-2H3,(H,17,18). The number of carbonyl (C=O) groups excluding carboxylic acids is 1. The molecule has 0 saturated carbocycles. The maximum atomic E-state index is 11.7. The fraction of sp³-hybridized carbons (Fsp3) is 0.429. The van der Waals surface area contributed by atoms with Gasteiger partial charge in [0.25, 0.3) is 0 Å². The van der Waals surface area contributed by atoms with Gasteiger partial charge < -0.3 is 9.84 Å². The van der Waals surface area contributed by atoms with Crippen molar-refractivity contribution in [3.05, 3.63) is 35.9 Å². The molecular formula is C14H20N2O4. The first kappa shape index (κ1) is 16.0. The fourth-order valence-electron chi connectivity index (χ4n) is 1.58. The smallest absolute Gasteiger partial charge is 0.424 e. The molecule has 0 heterocycles. The van der Waals surface area contributed by atoms with Gasteiger partial charge in [-0.2, -0.15) is 0 Å². The van der Waals surface area contributed by atoms with E-state index in [0.29, 0.717) is 5.01 Å². The topological polar surface area (TPSA) is 92.9 Å². The summed E-state index contributed by atoms with van der Waals surface area (Å²) in [5.41, 5.74) is 0.784. The van der Waals surface area contributed by atoms with Crippen molar-refractivity contribution in [2.24, 2.45) is 11.8 Å².